The normalized spacial score (nSPS) is 17.2. The summed E-state index contributed by atoms with van der Waals surface area (Å²) >= 11 is 0. The summed E-state index contributed by atoms with van der Waals surface area (Å²) in [6.07, 6.45) is 1.50. The topological polar surface area (TPSA) is 80.8 Å². The first-order valence-corrected chi connectivity index (χ1v) is 10.5. The molecule has 0 saturated heterocycles. The molecule has 1 heterocycles. The molecule has 1 aliphatic rings. The number of hydrogen-bond donors (Lipinski definition) is 0. The summed E-state index contributed by atoms with van der Waals surface area (Å²) in [7, 11) is -3.33. The number of carbonyl (C=O) groups is 2. The Balaban J connectivity index is 1.71. The van der Waals surface area contributed by atoms with E-state index in [0.717, 1.165) is 16.5 Å². The van der Waals surface area contributed by atoms with Crippen LogP contribution in [0.3, 0.4) is 0 Å². The second-order valence-corrected chi connectivity index (χ2v) is 8.61. The summed E-state index contributed by atoms with van der Waals surface area (Å²) in [6.45, 7) is 1.63. The summed E-state index contributed by atoms with van der Waals surface area (Å²) in [6, 6.07) is 15.6. The molecule has 1 atom stereocenters. The second kappa shape index (κ2) is 8.39. The Morgan fingerprint density at radius 2 is 1.86 bits per heavy atom. The number of ether oxygens (including phenoxy) is 1. The fraction of sp³-hybridized carbons (Fsp3) is 0.238. The zero-order chi connectivity index (χ0) is 20.1. The zero-order valence-electron chi connectivity index (χ0n) is 15.4. The van der Waals surface area contributed by atoms with Gasteiger partial charge >= 0.3 is 5.97 Å². The van der Waals surface area contributed by atoms with Gasteiger partial charge in [-0.05, 0) is 30.7 Å². The van der Waals surface area contributed by atoms with E-state index in [4.69, 9.17) is 4.74 Å². The highest BCUT2D eigenvalue weighted by Gasteiger charge is 2.30. The van der Waals surface area contributed by atoms with Crippen LogP contribution in [0.5, 0.6) is 0 Å². The predicted molar refractivity (Wildman–Crippen MR) is 105 cm³/mol. The van der Waals surface area contributed by atoms with Gasteiger partial charge in [0.2, 0.25) is 0 Å². The van der Waals surface area contributed by atoms with E-state index in [0.29, 0.717) is 5.56 Å². The van der Waals surface area contributed by atoms with Crippen molar-refractivity contribution in [3.8, 4) is 0 Å². The molecule has 0 aromatic heterocycles. The SMILES string of the molecule is Cc1cccc(C(=O)OCC(=O)N(Cc2ccccc2)[C@@H]2C=CS(=O)(=O)C2)c1. The maximum absolute atomic E-state index is 12.8. The van der Waals surface area contributed by atoms with Crippen molar-refractivity contribution in [2.75, 3.05) is 12.4 Å². The Bertz CT molecular complexity index is 998. The Morgan fingerprint density at radius 1 is 1.11 bits per heavy atom. The van der Waals surface area contributed by atoms with Crippen LogP contribution in [0, 0.1) is 6.92 Å². The van der Waals surface area contributed by atoms with Gasteiger partial charge in [0, 0.05) is 12.0 Å². The molecule has 2 aromatic carbocycles. The molecule has 0 N–H and O–H groups in total. The lowest BCUT2D eigenvalue weighted by Crippen LogP contribution is -2.42. The maximum atomic E-state index is 12.8. The van der Waals surface area contributed by atoms with Crippen molar-refractivity contribution in [1.82, 2.24) is 4.90 Å². The largest absolute Gasteiger partial charge is 0.452 e. The van der Waals surface area contributed by atoms with Crippen LogP contribution >= 0.6 is 0 Å². The van der Waals surface area contributed by atoms with Gasteiger partial charge in [-0.1, -0.05) is 48.0 Å². The average Bonchev–Trinajstić information content (AvgIpc) is 3.04. The summed E-state index contributed by atoms with van der Waals surface area (Å²) in [5, 5.41) is 1.13. The first-order valence-electron chi connectivity index (χ1n) is 8.82. The summed E-state index contributed by atoms with van der Waals surface area (Å²) in [5.74, 6) is -1.21. The highest BCUT2D eigenvalue weighted by molar-refractivity contribution is 7.94. The van der Waals surface area contributed by atoms with Crippen molar-refractivity contribution < 1.29 is 22.7 Å². The van der Waals surface area contributed by atoms with Crippen LogP contribution in [-0.4, -0.2) is 43.6 Å². The molecule has 0 bridgehead atoms. The van der Waals surface area contributed by atoms with Crippen molar-refractivity contribution in [2.45, 2.75) is 19.5 Å². The molecule has 0 unspecified atom stereocenters. The Labute approximate surface area is 164 Å². The van der Waals surface area contributed by atoms with E-state index in [2.05, 4.69) is 0 Å². The van der Waals surface area contributed by atoms with Gasteiger partial charge in [0.1, 0.15) is 0 Å². The molecule has 0 spiro atoms. The molecule has 0 fully saturated rings. The molecule has 7 heteroatoms. The molecule has 146 valence electrons. The molecule has 0 radical (unpaired) electrons. The summed E-state index contributed by atoms with van der Waals surface area (Å²) < 4.78 is 28.8. The number of benzene rings is 2. The minimum Gasteiger partial charge on any atom is -0.452 e. The first kappa shape index (κ1) is 19.8. The Kier molecular flexibility index (Phi) is 5.94. The summed E-state index contributed by atoms with van der Waals surface area (Å²) in [5.41, 5.74) is 2.14. The molecule has 28 heavy (non-hydrogen) atoms. The number of carbonyl (C=O) groups excluding carboxylic acids is 2. The first-order chi connectivity index (χ1) is 13.3. The van der Waals surface area contributed by atoms with Crippen molar-refractivity contribution in [1.29, 1.82) is 0 Å². The van der Waals surface area contributed by atoms with Crippen LogP contribution in [-0.2, 0) is 25.9 Å². The molecule has 2 aromatic rings. The third-order valence-corrected chi connectivity index (χ3v) is 5.79. The molecule has 0 aliphatic carbocycles. The lowest BCUT2D eigenvalue weighted by atomic mass is 10.1. The monoisotopic (exact) mass is 399 g/mol. The lowest BCUT2D eigenvalue weighted by molar-refractivity contribution is -0.136. The van der Waals surface area contributed by atoms with Crippen LogP contribution in [0.1, 0.15) is 21.5 Å². The van der Waals surface area contributed by atoms with Crippen LogP contribution in [0.15, 0.2) is 66.1 Å². The third kappa shape index (κ3) is 5.07. The molecular weight excluding hydrogens is 378 g/mol. The van der Waals surface area contributed by atoms with Crippen LogP contribution in [0.4, 0.5) is 0 Å². The van der Waals surface area contributed by atoms with Crippen LogP contribution in [0.25, 0.3) is 0 Å². The predicted octanol–water partition coefficient (Wildman–Crippen LogP) is 2.49. The smallest absolute Gasteiger partial charge is 0.338 e. The van der Waals surface area contributed by atoms with Crippen molar-refractivity contribution in [3.63, 3.8) is 0 Å². The molecule has 1 aliphatic heterocycles. The maximum Gasteiger partial charge on any atom is 0.338 e. The molecule has 1 amide bonds. The van der Waals surface area contributed by atoms with Gasteiger partial charge in [0.25, 0.3) is 5.91 Å². The van der Waals surface area contributed by atoms with Gasteiger partial charge in [-0.2, -0.15) is 0 Å². The molecular formula is C21H21NO5S. The number of esters is 1. The van der Waals surface area contributed by atoms with Gasteiger partial charge < -0.3 is 9.64 Å². The summed E-state index contributed by atoms with van der Waals surface area (Å²) in [4.78, 5) is 26.4. The minimum atomic E-state index is -3.33. The fourth-order valence-corrected chi connectivity index (χ4v) is 4.29. The van der Waals surface area contributed by atoms with Gasteiger partial charge in [-0.15, -0.1) is 0 Å². The van der Waals surface area contributed by atoms with Crippen LogP contribution < -0.4 is 0 Å². The van der Waals surface area contributed by atoms with E-state index >= 15 is 0 Å². The fourth-order valence-electron chi connectivity index (χ4n) is 2.99. The van der Waals surface area contributed by atoms with Gasteiger partial charge in [-0.25, -0.2) is 13.2 Å². The number of rotatable bonds is 6. The quantitative estimate of drug-likeness (QED) is 0.697. The number of sulfone groups is 1. The Morgan fingerprint density at radius 3 is 2.50 bits per heavy atom. The van der Waals surface area contributed by atoms with Crippen molar-refractivity contribution in [3.05, 3.63) is 82.8 Å². The number of amides is 1. The number of hydrogen-bond acceptors (Lipinski definition) is 5. The van der Waals surface area contributed by atoms with E-state index in [1.807, 2.05) is 43.3 Å². The van der Waals surface area contributed by atoms with Gasteiger partial charge in [0.15, 0.2) is 16.4 Å². The van der Waals surface area contributed by atoms with Gasteiger partial charge in [0.05, 0.1) is 17.4 Å². The van der Waals surface area contributed by atoms with Gasteiger partial charge in [-0.3, -0.25) is 4.79 Å². The highest BCUT2D eigenvalue weighted by Crippen LogP contribution is 2.18. The Hall–Kier alpha value is -2.93. The minimum absolute atomic E-state index is 0.169. The van der Waals surface area contributed by atoms with Crippen LogP contribution in [0.2, 0.25) is 0 Å². The van der Waals surface area contributed by atoms with Crippen molar-refractivity contribution >= 4 is 21.7 Å². The van der Waals surface area contributed by atoms with E-state index in [-0.39, 0.29) is 12.3 Å². The molecule has 0 saturated carbocycles. The highest BCUT2D eigenvalue weighted by atomic mass is 32.2. The average molecular weight is 399 g/mol. The van der Waals surface area contributed by atoms with E-state index < -0.39 is 34.4 Å². The number of nitrogens with zero attached hydrogens (tertiary/aromatic N) is 1. The second-order valence-electron chi connectivity index (χ2n) is 6.68. The van der Waals surface area contributed by atoms with Crippen molar-refractivity contribution in [2.24, 2.45) is 0 Å². The number of aryl methyl sites for hydroxylation is 1. The molecule has 3 rings (SSSR count). The lowest BCUT2D eigenvalue weighted by Gasteiger charge is -2.27. The standard InChI is InChI=1S/C21H21NO5S/c1-16-6-5-9-18(12-16)21(24)27-14-20(23)22(13-17-7-3-2-4-8-17)19-10-11-28(25,26)15-19/h2-12,19H,13-15H2,1H3/t19-/m1/s1. The third-order valence-electron chi connectivity index (χ3n) is 4.41. The van der Waals surface area contributed by atoms with E-state index in [1.54, 1.807) is 18.2 Å². The van der Waals surface area contributed by atoms with E-state index in [9.17, 15) is 18.0 Å². The van der Waals surface area contributed by atoms with E-state index in [1.165, 1.54) is 11.0 Å². The zero-order valence-corrected chi connectivity index (χ0v) is 16.3. The molecule has 6 nitrogen and oxygen atoms in total.